The maximum absolute atomic E-state index is 12.1. The summed E-state index contributed by atoms with van der Waals surface area (Å²) in [6.45, 7) is 1.55. The molecule has 6 nitrogen and oxygen atoms in total. The smallest absolute Gasteiger partial charge is 0.272 e. The number of carbonyl (C=O) groups is 1. The number of nitrogens with zero attached hydrogens (tertiary/aromatic N) is 1. The Morgan fingerprint density at radius 3 is 2.26 bits per heavy atom. The third-order valence-corrected chi connectivity index (χ3v) is 3.78. The first-order valence-corrected chi connectivity index (χ1v) is 7.39. The van der Waals surface area contributed by atoms with E-state index < -0.39 is 10.8 Å². The average Bonchev–Trinajstić information content (AvgIpc) is 2.45. The van der Waals surface area contributed by atoms with Crippen LogP contribution >= 0.6 is 34.8 Å². The number of benzene rings is 2. The van der Waals surface area contributed by atoms with Gasteiger partial charge in [-0.1, -0.05) is 34.8 Å². The number of halogens is 3. The van der Waals surface area contributed by atoms with E-state index in [0.717, 1.165) is 0 Å². The molecule has 2 aromatic rings. The lowest BCUT2D eigenvalue weighted by Gasteiger charge is -2.12. The second-order valence-electron chi connectivity index (χ2n) is 4.58. The number of rotatable bonds is 4. The molecule has 2 N–H and O–H groups in total. The van der Waals surface area contributed by atoms with E-state index in [-0.39, 0.29) is 21.3 Å². The molecule has 0 heterocycles. The summed E-state index contributed by atoms with van der Waals surface area (Å²) in [5.74, 6) is -0.495. The molecule has 2 aromatic carbocycles. The molecule has 0 bridgehead atoms. The molecule has 0 saturated heterocycles. The molecule has 0 aliphatic rings. The van der Waals surface area contributed by atoms with Crippen molar-refractivity contribution in [1.29, 1.82) is 0 Å². The summed E-state index contributed by atoms with van der Waals surface area (Å²) in [5.41, 5.74) is 5.90. The van der Waals surface area contributed by atoms with Crippen molar-refractivity contribution in [3.05, 3.63) is 66.6 Å². The molecular formula is C14H10Cl3N3O3. The SMILES string of the molecule is Cc1cc(C(=O)NNc2c(Cl)cc(Cl)cc2Cl)ccc1[N+](=O)[O-]. The zero-order valence-corrected chi connectivity index (χ0v) is 14.0. The number of hydrogen-bond donors (Lipinski definition) is 2. The standard InChI is InChI=1S/C14H10Cl3N3O3/c1-7-4-8(2-3-12(7)20(22)23)14(21)19-18-13-10(16)5-9(15)6-11(13)17/h2-6,18H,1H3,(H,19,21). The van der Waals surface area contributed by atoms with Crippen LogP contribution in [0, 0.1) is 17.0 Å². The maximum atomic E-state index is 12.1. The summed E-state index contributed by atoms with van der Waals surface area (Å²) in [6.07, 6.45) is 0. The Morgan fingerprint density at radius 2 is 1.74 bits per heavy atom. The number of hydrazine groups is 1. The van der Waals surface area contributed by atoms with Gasteiger partial charge in [0, 0.05) is 22.2 Å². The van der Waals surface area contributed by atoms with Gasteiger partial charge in [0.1, 0.15) is 0 Å². The summed E-state index contributed by atoms with van der Waals surface area (Å²) in [4.78, 5) is 22.3. The quantitative estimate of drug-likeness (QED) is 0.604. The molecule has 0 fully saturated rings. The van der Waals surface area contributed by atoms with Crippen LogP contribution in [0.3, 0.4) is 0 Å². The summed E-state index contributed by atoms with van der Waals surface area (Å²) in [5, 5.41) is 11.6. The van der Waals surface area contributed by atoms with Gasteiger partial charge in [-0.05, 0) is 31.2 Å². The summed E-state index contributed by atoms with van der Waals surface area (Å²) >= 11 is 17.8. The molecule has 23 heavy (non-hydrogen) atoms. The van der Waals surface area contributed by atoms with Gasteiger partial charge in [0.15, 0.2) is 0 Å². The van der Waals surface area contributed by atoms with Crippen LogP contribution in [-0.2, 0) is 0 Å². The lowest BCUT2D eigenvalue weighted by Crippen LogP contribution is -2.29. The van der Waals surface area contributed by atoms with Crippen molar-refractivity contribution < 1.29 is 9.72 Å². The lowest BCUT2D eigenvalue weighted by atomic mass is 10.1. The molecule has 1 amide bonds. The van der Waals surface area contributed by atoms with Crippen LogP contribution in [0.25, 0.3) is 0 Å². The van der Waals surface area contributed by atoms with Gasteiger partial charge in [-0.3, -0.25) is 25.8 Å². The number of nitro groups is 1. The van der Waals surface area contributed by atoms with E-state index in [0.29, 0.717) is 16.3 Å². The normalized spacial score (nSPS) is 10.3. The van der Waals surface area contributed by atoms with Crippen molar-refractivity contribution in [2.24, 2.45) is 0 Å². The van der Waals surface area contributed by atoms with E-state index >= 15 is 0 Å². The second kappa shape index (κ2) is 7.04. The van der Waals surface area contributed by atoms with Crippen molar-refractivity contribution in [1.82, 2.24) is 5.43 Å². The summed E-state index contributed by atoms with van der Waals surface area (Å²) in [6, 6.07) is 6.99. The first kappa shape index (κ1) is 17.3. The summed E-state index contributed by atoms with van der Waals surface area (Å²) < 4.78 is 0. The number of hydrogen-bond acceptors (Lipinski definition) is 4. The predicted molar refractivity (Wildman–Crippen MR) is 90.4 cm³/mol. The number of nitrogens with one attached hydrogen (secondary N) is 2. The van der Waals surface area contributed by atoms with Gasteiger partial charge < -0.3 is 0 Å². The zero-order valence-electron chi connectivity index (χ0n) is 11.7. The van der Waals surface area contributed by atoms with E-state index in [1.165, 1.54) is 30.3 Å². The molecule has 0 aliphatic carbocycles. The second-order valence-corrected chi connectivity index (χ2v) is 5.83. The third kappa shape index (κ3) is 4.04. The van der Waals surface area contributed by atoms with Crippen molar-refractivity contribution in [2.75, 3.05) is 5.43 Å². The van der Waals surface area contributed by atoms with Crippen molar-refractivity contribution >= 4 is 52.1 Å². The van der Waals surface area contributed by atoms with Crippen LogP contribution in [0.1, 0.15) is 15.9 Å². The van der Waals surface area contributed by atoms with Gasteiger partial charge in [0.25, 0.3) is 11.6 Å². The zero-order chi connectivity index (χ0) is 17.1. The van der Waals surface area contributed by atoms with E-state index in [4.69, 9.17) is 34.8 Å². The van der Waals surface area contributed by atoms with Crippen LogP contribution in [0.15, 0.2) is 30.3 Å². The van der Waals surface area contributed by atoms with Crippen LogP contribution in [0.2, 0.25) is 15.1 Å². The molecule has 0 saturated carbocycles. The van der Waals surface area contributed by atoms with Crippen molar-refractivity contribution in [2.45, 2.75) is 6.92 Å². The highest BCUT2D eigenvalue weighted by molar-refractivity contribution is 6.41. The Hall–Kier alpha value is -2.02. The molecule has 2 rings (SSSR count). The minimum atomic E-state index is -0.511. The minimum absolute atomic E-state index is 0.0571. The number of nitro benzene ring substituents is 1. The maximum Gasteiger partial charge on any atom is 0.272 e. The van der Waals surface area contributed by atoms with Crippen LogP contribution in [-0.4, -0.2) is 10.8 Å². The average molecular weight is 375 g/mol. The first-order valence-electron chi connectivity index (χ1n) is 6.25. The first-order chi connectivity index (χ1) is 10.8. The molecule has 9 heteroatoms. The number of aryl methyl sites for hydroxylation is 1. The number of amides is 1. The topological polar surface area (TPSA) is 84.3 Å². The fraction of sp³-hybridized carbons (Fsp3) is 0.0714. The Morgan fingerprint density at radius 1 is 1.13 bits per heavy atom. The van der Waals surface area contributed by atoms with E-state index in [1.54, 1.807) is 6.92 Å². The Balaban J connectivity index is 2.14. The lowest BCUT2D eigenvalue weighted by molar-refractivity contribution is -0.385. The largest absolute Gasteiger partial charge is 0.295 e. The Bertz CT molecular complexity index is 773. The third-order valence-electron chi connectivity index (χ3n) is 2.96. The van der Waals surface area contributed by atoms with Gasteiger partial charge >= 0.3 is 0 Å². The molecule has 0 spiro atoms. The number of anilines is 1. The molecular weight excluding hydrogens is 365 g/mol. The highest BCUT2D eigenvalue weighted by Gasteiger charge is 2.14. The molecule has 0 aromatic heterocycles. The fourth-order valence-corrected chi connectivity index (χ4v) is 2.77. The van der Waals surface area contributed by atoms with Crippen LogP contribution in [0.4, 0.5) is 11.4 Å². The van der Waals surface area contributed by atoms with E-state index in [2.05, 4.69) is 10.9 Å². The van der Waals surface area contributed by atoms with Crippen molar-refractivity contribution in [3.8, 4) is 0 Å². The molecule has 0 atom stereocenters. The van der Waals surface area contributed by atoms with Crippen LogP contribution in [0.5, 0.6) is 0 Å². The minimum Gasteiger partial charge on any atom is -0.295 e. The molecule has 120 valence electrons. The van der Waals surface area contributed by atoms with Gasteiger partial charge in [-0.15, -0.1) is 0 Å². The highest BCUT2D eigenvalue weighted by Crippen LogP contribution is 2.33. The van der Waals surface area contributed by atoms with E-state index in [1.807, 2.05) is 0 Å². The molecule has 0 unspecified atom stereocenters. The fourth-order valence-electron chi connectivity index (χ4n) is 1.85. The molecule has 0 radical (unpaired) electrons. The van der Waals surface area contributed by atoms with Gasteiger partial charge in [-0.25, -0.2) is 0 Å². The van der Waals surface area contributed by atoms with Crippen LogP contribution < -0.4 is 10.9 Å². The van der Waals surface area contributed by atoms with Gasteiger partial charge in [-0.2, -0.15) is 0 Å². The van der Waals surface area contributed by atoms with E-state index in [9.17, 15) is 14.9 Å². The highest BCUT2D eigenvalue weighted by atomic mass is 35.5. The monoisotopic (exact) mass is 373 g/mol. The predicted octanol–water partition coefficient (Wildman–Crippen LogP) is 4.62. The van der Waals surface area contributed by atoms with Gasteiger partial charge in [0.2, 0.25) is 0 Å². The van der Waals surface area contributed by atoms with Gasteiger partial charge in [0.05, 0.1) is 20.7 Å². The summed E-state index contributed by atoms with van der Waals surface area (Å²) in [7, 11) is 0. The Kier molecular flexibility index (Phi) is 5.30. The molecule has 0 aliphatic heterocycles. The Labute approximate surface area is 146 Å². The number of carbonyl (C=O) groups excluding carboxylic acids is 1. The van der Waals surface area contributed by atoms with Crippen molar-refractivity contribution in [3.63, 3.8) is 0 Å².